The van der Waals surface area contributed by atoms with Gasteiger partial charge in [0, 0.05) is 29.2 Å². The predicted molar refractivity (Wildman–Crippen MR) is 76.3 cm³/mol. The molecule has 1 saturated heterocycles. The van der Waals surface area contributed by atoms with Crippen LogP contribution < -0.4 is 4.90 Å². The van der Waals surface area contributed by atoms with Gasteiger partial charge in [-0.3, -0.25) is 9.69 Å². The van der Waals surface area contributed by atoms with Crippen LogP contribution in [0.5, 0.6) is 0 Å². The zero-order valence-electron chi connectivity index (χ0n) is 10.9. The van der Waals surface area contributed by atoms with E-state index in [4.69, 9.17) is 9.84 Å². The number of anilines is 1. The van der Waals surface area contributed by atoms with E-state index in [2.05, 4.69) is 0 Å². The van der Waals surface area contributed by atoms with Crippen LogP contribution in [0.3, 0.4) is 0 Å². The number of aliphatic hydroxyl groups excluding tert-OH is 1. The molecule has 1 amide bonds. The minimum atomic E-state index is -0.475. The molecule has 2 heterocycles. The Morgan fingerprint density at radius 3 is 3.00 bits per heavy atom. The molecule has 5 nitrogen and oxygen atoms in total. The first-order valence-electron chi connectivity index (χ1n) is 6.52. The minimum Gasteiger partial charge on any atom is -0.441 e. The van der Waals surface area contributed by atoms with Crippen LogP contribution in [0.1, 0.15) is 22.3 Å². The van der Waals surface area contributed by atoms with Gasteiger partial charge in [-0.25, -0.2) is 4.79 Å². The number of rotatable bonds is 2. The Morgan fingerprint density at radius 1 is 1.40 bits per heavy atom. The van der Waals surface area contributed by atoms with E-state index in [1.165, 1.54) is 4.90 Å². The number of ketones is 1. The number of thioether (sulfide) groups is 1. The van der Waals surface area contributed by atoms with Crippen molar-refractivity contribution in [2.45, 2.75) is 18.3 Å². The van der Waals surface area contributed by atoms with Crippen molar-refractivity contribution in [3.05, 3.63) is 29.3 Å². The molecule has 20 heavy (non-hydrogen) atoms. The Balaban J connectivity index is 1.91. The van der Waals surface area contributed by atoms with Crippen molar-refractivity contribution in [1.29, 1.82) is 0 Å². The minimum absolute atomic E-state index is 0.161. The smallest absolute Gasteiger partial charge is 0.414 e. The molecular formula is C14H15NO4S. The fraction of sp³-hybridized carbons (Fsp3) is 0.429. The summed E-state index contributed by atoms with van der Waals surface area (Å²) in [7, 11) is 0. The Labute approximate surface area is 120 Å². The molecule has 3 rings (SSSR count). The lowest BCUT2D eigenvalue weighted by molar-refractivity contribution is 0.0962. The van der Waals surface area contributed by atoms with E-state index in [1.54, 1.807) is 23.9 Å². The first-order valence-corrected chi connectivity index (χ1v) is 7.67. The van der Waals surface area contributed by atoms with Gasteiger partial charge in [0.15, 0.2) is 5.78 Å². The highest BCUT2D eigenvalue weighted by atomic mass is 32.2. The monoisotopic (exact) mass is 293 g/mol. The van der Waals surface area contributed by atoms with E-state index >= 15 is 0 Å². The van der Waals surface area contributed by atoms with Crippen LogP contribution in [-0.2, 0) is 10.5 Å². The highest BCUT2D eigenvalue weighted by Gasteiger charge is 2.32. The average Bonchev–Trinajstić information content (AvgIpc) is 2.74. The van der Waals surface area contributed by atoms with Crippen LogP contribution in [0.4, 0.5) is 10.5 Å². The van der Waals surface area contributed by atoms with Gasteiger partial charge < -0.3 is 9.84 Å². The molecule has 106 valence electrons. The fourth-order valence-electron chi connectivity index (χ4n) is 2.45. The zero-order chi connectivity index (χ0) is 14.1. The average molecular weight is 293 g/mol. The molecule has 6 heteroatoms. The fourth-order valence-corrected chi connectivity index (χ4v) is 3.38. The molecule has 1 aromatic rings. The molecule has 0 spiro atoms. The van der Waals surface area contributed by atoms with E-state index in [9.17, 15) is 9.59 Å². The van der Waals surface area contributed by atoms with Crippen LogP contribution in [0.25, 0.3) is 0 Å². The van der Waals surface area contributed by atoms with Gasteiger partial charge >= 0.3 is 6.09 Å². The normalized spacial score (nSPS) is 22.4. The van der Waals surface area contributed by atoms with Crippen LogP contribution in [-0.4, -0.2) is 42.0 Å². The number of hydrogen-bond donors (Lipinski definition) is 1. The number of cyclic esters (lactones) is 1. The number of carbonyl (C=O) groups excluding carboxylic acids is 2. The van der Waals surface area contributed by atoms with Crippen molar-refractivity contribution in [3.63, 3.8) is 0 Å². The topological polar surface area (TPSA) is 66.8 Å². The van der Waals surface area contributed by atoms with E-state index in [0.29, 0.717) is 13.0 Å². The Bertz CT molecular complexity index is 560. The maximum absolute atomic E-state index is 11.9. The number of ether oxygens (including phenoxy) is 1. The second-order valence-electron chi connectivity index (χ2n) is 4.87. The standard InChI is InChI=1S/C14H15NO4S/c16-7-11-6-15(14(18)19-11)10-1-2-12-9(5-10)8-20-4-3-13(12)17/h1-2,5,11,16H,3-4,6-8H2. The lowest BCUT2D eigenvalue weighted by Crippen LogP contribution is -2.25. The first kappa shape index (κ1) is 13.5. The van der Waals surface area contributed by atoms with Gasteiger partial charge in [0.2, 0.25) is 0 Å². The van der Waals surface area contributed by atoms with Crippen molar-refractivity contribution in [2.24, 2.45) is 0 Å². The molecule has 2 aliphatic heterocycles. The maximum atomic E-state index is 11.9. The number of fused-ring (bicyclic) bond motifs is 1. The molecule has 1 fully saturated rings. The summed E-state index contributed by atoms with van der Waals surface area (Å²) >= 11 is 1.72. The summed E-state index contributed by atoms with van der Waals surface area (Å²) in [5, 5.41) is 9.06. The number of nitrogens with zero attached hydrogens (tertiary/aromatic N) is 1. The summed E-state index contributed by atoms with van der Waals surface area (Å²) in [4.78, 5) is 25.2. The van der Waals surface area contributed by atoms with Crippen LogP contribution in [0, 0.1) is 0 Å². The molecular weight excluding hydrogens is 278 g/mol. The number of aliphatic hydroxyl groups is 1. The SMILES string of the molecule is O=C1CCSCc2cc(N3CC(CO)OC3=O)ccc21. The lowest BCUT2D eigenvalue weighted by atomic mass is 10.0. The third-order valence-electron chi connectivity index (χ3n) is 3.51. The van der Waals surface area contributed by atoms with Crippen molar-refractivity contribution in [3.8, 4) is 0 Å². The van der Waals surface area contributed by atoms with E-state index in [-0.39, 0.29) is 12.4 Å². The summed E-state index contributed by atoms with van der Waals surface area (Å²) < 4.78 is 5.03. The lowest BCUT2D eigenvalue weighted by Gasteiger charge is -2.15. The number of carbonyl (C=O) groups is 2. The molecule has 0 radical (unpaired) electrons. The highest BCUT2D eigenvalue weighted by Crippen LogP contribution is 2.29. The molecule has 1 aromatic carbocycles. The van der Waals surface area contributed by atoms with Crippen molar-refractivity contribution in [2.75, 3.05) is 23.8 Å². The number of amides is 1. The van der Waals surface area contributed by atoms with Crippen LogP contribution >= 0.6 is 11.8 Å². The Morgan fingerprint density at radius 2 is 2.25 bits per heavy atom. The second kappa shape index (κ2) is 5.46. The number of Topliss-reactive ketones (excluding diaryl/α,β-unsaturated/α-hetero) is 1. The summed E-state index contributed by atoms with van der Waals surface area (Å²) in [6.45, 7) is 0.163. The molecule has 1 N–H and O–H groups in total. The molecule has 0 aromatic heterocycles. The van der Waals surface area contributed by atoms with E-state index in [0.717, 1.165) is 28.3 Å². The van der Waals surface area contributed by atoms with Gasteiger partial charge in [-0.05, 0) is 23.8 Å². The van der Waals surface area contributed by atoms with E-state index < -0.39 is 12.2 Å². The van der Waals surface area contributed by atoms with Gasteiger partial charge in [-0.15, -0.1) is 0 Å². The maximum Gasteiger partial charge on any atom is 0.414 e. The predicted octanol–water partition coefficient (Wildman–Crippen LogP) is 1.82. The van der Waals surface area contributed by atoms with Gasteiger partial charge in [0.25, 0.3) is 0 Å². The number of hydrogen-bond acceptors (Lipinski definition) is 5. The van der Waals surface area contributed by atoms with Gasteiger partial charge in [-0.2, -0.15) is 11.8 Å². The van der Waals surface area contributed by atoms with Gasteiger partial charge in [0.05, 0.1) is 13.2 Å². The first-order chi connectivity index (χ1) is 9.69. The summed E-state index contributed by atoms with van der Waals surface area (Å²) in [6.07, 6.45) is -0.357. The second-order valence-corrected chi connectivity index (χ2v) is 5.97. The van der Waals surface area contributed by atoms with Gasteiger partial charge in [0.1, 0.15) is 6.10 Å². The van der Waals surface area contributed by atoms with E-state index in [1.807, 2.05) is 6.07 Å². The summed E-state index contributed by atoms with van der Waals surface area (Å²) in [5.41, 5.74) is 2.44. The largest absolute Gasteiger partial charge is 0.441 e. The van der Waals surface area contributed by atoms with Gasteiger partial charge in [-0.1, -0.05) is 0 Å². The Kier molecular flexibility index (Phi) is 3.67. The third kappa shape index (κ3) is 2.41. The highest BCUT2D eigenvalue weighted by molar-refractivity contribution is 7.98. The molecule has 0 saturated carbocycles. The van der Waals surface area contributed by atoms with Crippen molar-refractivity contribution < 1.29 is 19.4 Å². The van der Waals surface area contributed by atoms with Crippen LogP contribution in [0.15, 0.2) is 18.2 Å². The quantitative estimate of drug-likeness (QED) is 0.901. The molecule has 1 unspecified atom stereocenters. The Hall–Kier alpha value is -1.53. The number of benzene rings is 1. The third-order valence-corrected chi connectivity index (χ3v) is 4.52. The molecule has 0 bridgehead atoms. The van der Waals surface area contributed by atoms with Crippen molar-refractivity contribution >= 4 is 29.3 Å². The molecule has 1 atom stereocenters. The molecule has 0 aliphatic carbocycles. The van der Waals surface area contributed by atoms with Crippen LogP contribution in [0.2, 0.25) is 0 Å². The van der Waals surface area contributed by atoms with Crippen molar-refractivity contribution in [1.82, 2.24) is 0 Å². The zero-order valence-corrected chi connectivity index (χ0v) is 11.7. The summed E-state index contributed by atoms with van der Waals surface area (Å²) in [5.74, 6) is 1.77. The summed E-state index contributed by atoms with van der Waals surface area (Å²) in [6, 6.07) is 5.44. The molecule has 2 aliphatic rings.